The number of methoxy groups -OCH3 is 1. The molecule has 0 radical (unpaired) electrons. The number of aromatic nitrogens is 1. The van der Waals surface area contributed by atoms with E-state index in [-0.39, 0.29) is 0 Å². The molecule has 0 saturated heterocycles. The van der Waals surface area contributed by atoms with Gasteiger partial charge in [-0.05, 0) is 43.4 Å². The second-order valence-electron chi connectivity index (χ2n) is 5.49. The Morgan fingerprint density at radius 1 is 1.32 bits per heavy atom. The highest BCUT2D eigenvalue weighted by Crippen LogP contribution is 2.35. The monoisotopic (exact) mass is 262 g/mol. The number of nitrogens with zero attached hydrogens (tertiary/aromatic N) is 1. The average molecular weight is 262 g/mol. The molecule has 3 nitrogen and oxygen atoms in total. The standard InChI is InChI=1S/C16H26N2O/c1-3-9-18-16(13-7-5-4-6-8-13)14-10-15(19-2)12-17-11-14/h10-13,16,18H,3-9H2,1-2H3. The average Bonchev–Trinajstić information content (AvgIpc) is 2.49. The van der Waals surface area contributed by atoms with Crippen molar-refractivity contribution < 1.29 is 4.74 Å². The van der Waals surface area contributed by atoms with Crippen LogP contribution in [0.4, 0.5) is 0 Å². The number of hydrogen-bond acceptors (Lipinski definition) is 3. The molecule has 0 spiro atoms. The molecule has 1 unspecified atom stereocenters. The minimum absolute atomic E-state index is 0.433. The van der Waals surface area contributed by atoms with Crippen LogP contribution in [-0.2, 0) is 0 Å². The molecule has 1 heterocycles. The predicted octanol–water partition coefficient (Wildman–Crippen LogP) is 3.71. The molecular formula is C16H26N2O. The molecule has 1 fully saturated rings. The Morgan fingerprint density at radius 3 is 2.79 bits per heavy atom. The zero-order chi connectivity index (χ0) is 13.5. The van der Waals surface area contributed by atoms with Gasteiger partial charge in [-0.2, -0.15) is 0 Å². The zero-order valence-corrected chi connectivity index (χ0v) is 12.2. The topological polar surface area (TPSA) is 34.2 Å². The van der Waals surface area contributed by atoms with Crippen LogP contribution in [0.25, 0.3) is 0 Å². The van der Waals surface area contributed by atoms with E-state index in [4.69, 9.17) is 4.74 Å². The summed E-state index contributed by atoms with van der Waals surface area (Å²) in [6.45, 7) is 3.28. The Morgan fingerprint density at radius 2 is 2.11 bits per heavy atom. The minimum atomic E-state index is 0.433. The summed E-state index contributed by atoms with van der Waals surface area (Å²) in [5.41, 5.74) is 1.28. The highest BCUT2D eigenvalue weighted by molar-refractivity contribution is 5.26. The van der Waals surface area contributed by atoms with Crippen molar-refractivity contribution in [3.63, 3.8) is 0 Å². The summed E-state index contributed by atoms with van der Waals surface area (Å²) < 4.78 is 5.31. The predicted molar refractivity (Wildman–Crippen MR) is 78.4 cm³/mol. The minimum Gasteiger partial charge on any atom is -0.495 e. The van der Waals surface area contributed by atoms with Gasteiger partial charge < -0.3 is 10.1 Å². The molecule has 19 heavy (non-hydrogen) atoms. The first-order valence-corrected chi connectivity index (χ1v) is 7.57. The molecule has 0 bridgehead atoms. The summed E-state index contributed by atoms with van der Waals surface area (Å²) in [5.74, 6) is 1.60. The molecule has 1 N–H and O–H groups in total. The molecule has 0 amide bonds. The molecule has 1 saturated carbocycles. The highest BCUT2D eigenvalue weighted by Gasteiger charge is 2.25. The maximum atomic E-state index is 5.31. The van der Waals surface area contributed by atoms with Gasteiger partial charge in [0.2, 0.25) is 0 Å². The Hall–Kier alpha value is -1.09. The van der Waals surface area contributed by atoms with Gasteiger partial charge in [-0.3, -0.25) is 4.98 Å². The van der Waals surface area contributed by atoms with E-state index in [0.717, 1.165) is 18.2 Å². The van der Waals surface area contributed by atoms with Gasteiger partial charge in [0.1, 0.15) is 5.75 Å². The quantitative estimate of drug-likeness (QED) is 0.848. The third kappa shape index (κ3) is 3.93. The number of ether oxygens (including phenoxy) is 1. The Kier molecular flexibility index (Phi) is 5.64. The molecular weight excluding hydrogens is 236 g/mol. The number of rotatable bonds is 6. The lowest BCUT2D eigenvalue weighted by Gasteiger charge is -2.31. The van der Waals surface area contributed by atoms with Crippen molar-refractivity contribution in [2.45, 2.75) is 51.5 Å². The molecule has 0 aliphatic heterocycles. The van der Waals surface area contributed by atoms with E-state index in [1.165, 1.54) is 44.1 Å². The molecule has 0 aromatic carbocycles. The van der Waals surface area contributed by atoms with Crippen LogP contribution in [0.5, 0.6) is 5.75 Å². The van der Waals surface area contributed by atoms with Gasteiger partial charge in [-0.15, -0.1) is 0 Å². The lowest BCUT2D eigenvalue weighted by atomic mass is 9.81. The smallest absolute Gasteiger partial charge is 0.137 e. The van der Waals surface area contributed by atoms with Crippen LogP contribution in [-0.4, -0.2) is 18.6 Å². The first-order valence-electron chi connectivity index (χ1n) is 7.57. The van der Waals surface area contributed by atoms with Gasteiger partial charge in [0, 0.05) is 12.2 Å². The largest absolute Gasteiger partial charge is 0.495 e. The third-order valence-electron chi connectivity index (χ3n) is 4.06. The van der Waals surface area contributed by atoms with E-state index in [1.807, 2.05) is 6.20 Å². The van der Waals surface area contributed by atoms with Crippen molar-refractivity contribution in [3.05, 3.63) is 24.0 Å². The van der Waals surface area contributed by atoms with Crippen LogP contribution >= 0.6 is 0 Å². The fourth-order valence-corrected chi connectivity index (χ4v) is 3.04. The van der Waals surface area contributed by atoms with Gasteiger partial charge in [0.25, 0.3) is 0 Å². The Labute approximate surface area is 116 Å². The van der Waals surface area contributed by atoms with E-state index >= 15 is 0 Å². The zero-order valence-electron chi connectivity index (χ0n) is 12.2. The van der Waals surface area contributed by atoms with Crippen molar-refractivity contribution in [2.75, 3.05) is 13.7 Å². The van der Waals surface area contributed by atoms with Crippen LogP contribution in [0.15, 0.2) is 18.5 Å². The van der Waals surface area contributed by atoms with E-state index in [2.05, 4.69) is 23.3 Å². The lowest BCUT2D eigenvalue weighted by Crippen LogP contribution is -2.30. The molecule has 106 valence electrons. The summed E-state index contributed by atoms with van der Waals surface area (Å²) in [6.07, 6.45) is 11.7. The number of hydrogen-bond donors (Lipinski definition) is 1. The number of pyridine rings is 1. The van der Waals surface area contributed by atoms with Crippen molar-refractivity contribution in [1.29, 1.82) is 0 Å². The van der Waals surface area contributed by atoms with Crippen LogP contribution < -0.4 is 10.1 Å². The first kappa shape index (κ1) is 14.3. The molecule has 3 heteroatoms. The maximum absolute atomic E-state index is 5.31. The summed E-state index contributed by atoms with van der Waals surface area (Å²) >= 11 is 0. The van der Waals surface area contributed by atoms with Crippen LogP contribution in [0.3, 0.4) is 0 Å². The van der Waals surface area contributed by atoms with Gasteiger partial charge in [0.15, 0.2) is 0 Å². The fourth-order valence-electron chi connectivity index (χ4n) is 3.04. The molecule has 1 aromatic heterocycles. The van der Waals surface area contributed by atoms with E-state index < -0.39 is 0 Å². The van der Waals surface area contributed by atoms with E-state index in [1.54, 1.807) is 13.3 Å². The van der Waals surface area contributed by atoms with Crippen LogP contribution in [0.1, 0.15) is 57.1 Å². The Balaban J connectivity index is 2.14. The second-order valence-corrected chi connectivity index (χ2v) is 5.49. The first-order chi connectivity index (χ1) is 9.35. The van der Waals surface area contributed by atoms with E-state index in [0.29, 0.717) is 6.04 Å². The van der Waals surface area contributed by atoms with Crippen LogP contribution in [0.2, 0.25) is 0 Å². The number of nitrogens with one attached hydrogen (secondary N) is 1. The van der Waals surface area contributed by atoms with E-state index in [9.17, 15) is 0 Å². The summed E-state index contributed by atoms with van der Waals surface area (Å²) in [4.78, 5) is 4.31. The summed E-state index contributed by atoms with van der Waals surface area (Å²) in [7, 11) is 1.70. The van der Waals surface area contributed by atoms with Crippen molar-refractivity contribution in [2.24, 2.45) is 5.92 Å². The maximum Gasteiger partial charge on any atom is 0.137 e. The highest BCUT2D eigenvalue weighted by atomic mass is 16.5. The van der Waals surface area contributed by atoms with Gasteiger partial charge >= 0.3 is 0 Å². The normalized spacial score (nSPS) is 18.2. The SMILES string of the molecule is CCCNC(c1cncc(OC)c1)C1CCCCC1. The summed E-state index contributed by atoms with van der Waals surface area (Å²) in [6, 6.07) is 2.57. The molecule has 2 rings (SSSR count). The van der Waals surface area contributed by atoms with Gasteiger partial charge in [-0.25, -0.2) is 0 Å². The molecule has 1 aromatic rings. The van der Waals surface area contributed by atoms with Gasteiger partial charge in [-0.1, -0.05) is 26.2 Å². The third-order valence-corrected chi connectivity index (χ3v) is 4.06. The molecule has 1 aliphatic rings. The van der Waals surface area contributed by atoms with Crippen LogP contribution in [0, 0.1) is 5.92 Å². The Bertz CT molecular complexity index is 375. The lowest BCUT2D eigenvalue weighted by molar-refractivity contribution is 0.271. The molecule has 1 atom stereocenters. The molecule has 1 aliphatic carbocycles. The van der Waals surface area contributed by atoms with Crippen molar-refractivity contribution >= 4 is 0 Å². The second kappa shape index (κ2) is 7.49. The van der Waals surface area contributed by atoms with Gasteiger partial charge in [0.05, 0.1) is 13.3 Å². The van der Waals surface area contributed by atoms with Crippen molar-refractivity contribution in [1.82, 2.24) is 10.3 Å². The fraction of sp³-hybridized carbons (Fsp3) is 0.688. The van der Waals surface area contributed by atoms with Crippen molar-refractivity contribution in [3.8, 4) is 5.75 Å². The summed E-state index contributed by atoms with van der Waals surface area (Å²) in [5, 5.41) is 3.71.